The molecule has 8 heteroatoms. The number of aliphatic carboxylic acids is 1. The van der Waals surface area contributed by atoms with E-state index in [1.54, 1.807) is 40.9 Å². The number of piperidine rings is 1. The number of rotatable bonds is 7. The average Bonchev–Trinajstić information content (AvgIpc) is 2.64. The van der Waals surface area contributed by atoms with Crippen molar-refractivity contribution in [1.82, 2.24) is 10.2 Å². The minimum atomic E-state index is -0.886. The molecule has 1 aromatic rings. The van der Waals surface area contributed by atoms with Gasteiger partial charge in [-0.3, -0.25) is 14.4 Å². The second-order valence-corrected chi connectivity index (χ2v) is 7.64. The second-order valence-electron chi connectivity index (χ2n) is 6.25. The molecule has 1 aromatic carbocycles. The number of carboxylic acids is 1. The van der Waals surface area contributed by atoms with Gasteiger partial charge in [0.15, 0.2) is 0 Å². The molecule has 0 bridgehead atoms. The summed E-state index contributed by atoms with van der Waals surface area (Å²) in [4.78, 5) is 38.2. The lowest BCUT2D eigenvalue weighted by Crippen LogP contribution is -2.52. The number of amides is 2. The van der Waals surface area contributed by atoms with Crippen LogP contribution in [0.25, 0.3) is 0 Å². The summed E-state index contributed by atoms with van der Waals surface area (Å²) in [5, 5.41) is 12.3. The predicted molar refractivity (Wildman–Crippen MR) is 103 cm³/mol. The minimum absolute atomic E-state index is 0.186. The molecule has 2 N–H and O–H groups in total. The monoisotopic (exact) mass is 398 g/mol. The number of hydrogen-bond donors (Lipinski definition) is 2. The van der Waals surface area contributed by atoms with Crippen LogP contribution in [-0.4, -0.2) is 58.9 Å². The van der Waals surface area contributed by atoms with E-state index < -0.39 is 23.8 Å². The van der Waals surface area contributed by atoms with Gasteiger partial charge in [0.25, 0.3) is 5.91 Å². The molecule has 6 nitrogen and oxygen atoms in total. The van der Waals surface area contributed by atoms with Gasteiger partial charge in [-0.05, 0) is 43.4 Å². The van der Waals surface area contributed by atoms with E-state index in [2.05, 4.69) is 5.32 Å². The molecule has 26 heavy (non-hydrogen) atoms. The quantitative estimate of drug-likeness (QED) is 0.737. The molecule has 1 unspecified atom stereocenters. The number of hydrogen-bond acceptors (Lipinski definition) is 4. The van der Waals surface area contributed by atoms with Crippen molar-refractivity contribution < 1.29 is 19.5 Å². The summed E-state index contributed by atoms with van der Waals surface area (Å²) in [6, 6.07) is 5.97. The van der Waals surface area contributed by atoms with Crippen molar-refractivity contribution in [3.05, 3.63) is 34.9 Å². The number of halogens is 1. The molecule has 1 saturated heterocycles. The number of carboxylic acid groups (broad SMARTS) is 1. The van der Waals surface area contributed by atoms with Crippen LogP contribution in [0.2, 0.25) is 5.02 Å². The fourth-order valence-electron chi connectivity index (χ4n) is 2.97. The number of likely N-dealkylation sites (tertiary alicyclic amines) is 1. The normalized spacial score (nSPS) is 18.2. The van der Waals surface area contributed by atoms with Crippen LogP contribution in [0.3, 0.4) is 0 Å². The zero-order valence-corrected chi connectivity index (χ0v) is 16.2. The summed E-state index contributed by atoms with van der Waals surface area (Å²) in [5.74, 6) is -1.36. The predicted octanol–water partition coefficient (Wildman–Crippen LogP) is 2.51. The van der Waals surface area contributed by atoms with E-state index in [4.69, 9.17) is 11.6 Å². The molecule has 1 aliphatic heterocycles. The van der Waals surface area contributed by atoms with E-state index >= 15 is 0 Å². The summed E-state index contributed by atoms with van der Waals surface area (Å²) in [5.41, 5.74) is 0.318. The molecule has 142 valence electrons. The van der Waals surface area contributed by atoms with Crippen LogP contribution in [0.5, 0.6) is 0 Å². The second kappa shape index (κ2) is 9.83. The van der Waals surface area contributed by atoms with Gasteiger partial charge in [-0.15, -0.1) is 0 Å². The molecule has 2 amide bonds. The Balaban J connectivity index is 2.10. The first-order chi connectivity index (χ1) is 12.4. The van der Waals surface area contributed by atoms with Crippen molar-refractivity contribution >= 4 is 41.1 Å². The highest BCUT2D eigenvalue weighted by molar-refractivity contribution is 7.98. The van der Waals surface area contributed by atoms with Crippen LogP contribution in [0.15, 0.2) is 24.3 Å². The van der Waals surface area contributed by atoms with Crippen molar-refractivity contribution in [2.24, 2.45) is 5.92 Å². The van der Waals surface area contributed by atoms with Gasteiger partial charge < -0.3 is 15.3 Å². The molecule has 0 aliphatic carbocycles. The number of thioether (sulfide) groups is 1. The molecule has 1 aliphatic rings. The summed E-state index contributed by atoms with van der Waals surface area (Å²) in [6.45, 7) is 0.701. The van der Waals surface area contributed by atoms with E-state index in [0.29, 0.717) is 42.1 Å². The van der Waals surface area contributed by atoms with Gasteiger partial charge in [-0.1, -0.05) is 23.7 Å². The Bertz CT molecular complexity index is 670. The topological polar surface area (TPSA) is 86.7 Å². The maximum Gasteiger partial charge on any atom is 0.308 e. The van der Waals surface area contributed by atoms with Crippen molar-refractivity contribution in [3.8, 4) is 0 Å². The fourth-order valence-corrected chi connectivity index (χ4v) is 3.67. The van der Waals surface area contributed by atoms with Crippen molar-refractivity contribution in [3.63, 3.8) is 0 Å². The lowest BCUT2D eigenvalue weighted by Gasteiger charge is -2.33. The molecule has 1 heterocycles. The summed E-state index contributed by atoms with van der Waals surface area (Å²) in [7, 11) is 0. The summed E-state index contributed by atoms with van der Waals surface area (Å²) >= 11 is 7.65. The standard InChI is InChI=1S/C18H23ClN2O4S/c1-26-10-8-15(20-16(22)13-6-2-3-7-14(13)19)17(23)21-9-4-5-12(11-21)18(24)25/h2-3,6-7,12,15H,4-5,8-11H2,1H3,(H,20,22)(H,24,25)/t12-,15?/m0/s1. The largest absolute Gasteiger partial charge is 0.481 e. The fraction of sp³-hybridized carbons (Fsp3) is 0.500. The average molecular weight is 399 g/mol. The molecular weight excluding hydrogens is 376 g/mol. The first kappa shape index (κ1) is 20.6. The Morgan fingerprint density at radius 2 is 2.12 bits per heavy atom. The molecule has 2 atom stereocenters. The van der Waals surface area contributed by atoms with E-state index in [1.165, 1.54) is 0 Å². The highest BCUT2D eigenvalue weighted by Crippen LogP contribution is 2.19. The molecular formula is C18H23ClN2O4S. The Hall–Kier alpha value is -1.73. The van der Waals surface area contributed by atoms with E-state index in [9.17, 15) is 19.5 Å². The van der Waals surface area contributed by atoms with Crippen molar-refractivity contribution in [1.29, 1.82) is 0 Å². The van der Waals surface area contributed by atoms with E-state index in [1.807, 2.05) is 6.26 Å². The third-order valence-corrected chi connectivity index (χ3v) is 5.39. The third-order valence-electron chi connectivity index (χ3n) is 4.41. The van der Waals surface area contributed by atoms with Gasteiger partial charge in [-0.2, -0.15) is 11.8 Å². The van der Waals surface area contributed by atoms with Gasteiger partial charge in [0.2, 0.25) is 5.91 Å². The van der Waals surface area contributed by atoms with Crippen LogP contribution in [0, 0.1) is 5.92 Å². The molecule has 1 fully saturated rings. The maximum absolute atomic E-state index is 12.9. The number of carbonyl (C=O) groups is 3. The molecule has 0 aromatic heterocycles. The van der Waals surface area contributed by atoms with Gasteiger partial charge in [0.1, 0.15) is 6.04 Å². The van der Waals surface area contributed by atoms with Gasteiger partial charge in [0.05, 0.1) is 16.5 Å². The van der Waals surface area contributed by atoms with Gasteiger partial charge in [-0.25, -0.2) is 0 Å². The Labute approximate surface area is 162 Å². The lowest BCUT2D eigenvalue weighted by atomic mass is 9.97. The SMILES string of the molecule is CSCCC(NC(=O)c1ccccc1Cl)C(=O)N1CCC[C@H](C(=O)O)C1. The van der Waals surface area contributed by atoms with Crippen LogP contribution >= 0.6 is 23.4 Å². The summed E-state index contributed by atoms with van der Waals surface area (Å²) in [6.07, 6.45) is 3.63. The van der Waals surface area contributed by atoms with Crippen LogP contribution < -0.4 is 5.32 Å². The van der Waals surface area contributed by atoms with Crippen molar-refractivity contribution in [2.75, 3.05) is 25.1 Å². The molecule has 0 radical (unpaired) electrons. The highest BCUT2D eigenvalue weighted by atomic mass is 35.5. The first-order valence-corrected chi connectivity index (χ1v) is 10.3. The summed E-state index contributed by atoms with van der Waals surface area (Å²) < 4.78 is 0. The first-order valence-electron chi connectivity index (χ1n) is 8.50. The zero-order valence-electron chi connectivity index (χ0n) is 14.6. The van der Waals surface area contributed by atoms with Crippen LogP contribution in [0.4, 0.5) is 0 Å². The number of carbonyl (C=O) groups excluding carboxylic acids is 2. The Morgan fingerprint density at radius 1 is 1.38 bits per heavy atom. The van der Waals surface area contributed by atoms with Gasteiger partial charge >= 0.3 is 5.97 Å². The lowest BCUT2D eigenvalue weighted by molar-refractivity contribution is -0.146. The highest BCUT2D eigenvalue weighted by Gasteiger charge is 2.32. The van der Waals surface area contributed by atoms with Crippen LogP contribution in [-0.2, 0) is 9.59 Å². The van der Waals surface area contributed by atoms with E-state index in [0.717, 1.165) is 0 Å². The molecule has 0 saturated carbocycles. The third kappa shape index (κ3) is 5.38. The van der Waals surface area contributed by atoms with E-state index in [-0.39, 0.29) is 12.5 Å². The number of nitrogens with zero attached hydrogens (tertiary/aromatic N) is 1. The zero-order chi connectivity index (χ0) is 19.1. The molecule has 0 spiro atoms. The number of benzene rings is 1. The Kier molecular flexibility index (Phi) is 7.78. The maximum atomic E-state index is 12.9. The minimum Gasteiger partial charge on any atom is -0.481 e. The Morgan fingerprint density at radius 3 is 2.77 bits per heavy atom. The van der Waals surface area contributed by atoms with Crippen LogP contribution in [0.1, 0.15) is 29.6 Å². The molecule has 2 rings (SSSR count). The van der Waals surface area contributed by atoms with Gasteiger partial charge in [0, 0.05) is 13.1 Å². The number of nitrogens with one attached hydrogen (secondary N) is 1. The van der Waals surface area contributed by atoms with Crippen molar-refractivity contribution in [2.45, 2.75) is 25.3 Å². The smallest absolute Gasteiger partial charge is 0.308 e.